The second-order valence-corrected chi connectivity index (χ2v) is 4.28. The normalized spacial score (nSPS) is 10.3. The summed E-state index contributed by atoms with van der Waals surface area (Å²) in [5, 5.41) is 0.611. The molecule has 0 amide bonds. The van der Waals surface area contributed by atoms with Crippen LogP contribution in [0.5, 0.6) is 0 Å². The maximum atomic E-state index is 11.6. The summed E-state index contributed by atoms with van der Waals surface area (Å²) < 4.78 is 10.0. The zero-order chi connectivity index (χ0) is 12.8. The molecule has 0 fully saturated rings. The SMILES string of the molecule is CCOCc1nc(C(=O)OCC)c(C(C)=O)s1. The van der Waals surface area contributed by atoms with Crippen LogP contribution >= 0.6 is 11.3 Å². The second-order valence-electron chi connectivity index (χ2n) is 3.20. The molecular formula is C11H15NO4S. The summed E-state index contributed by atoms with van der Waals surface area (Å²) in [7, 11) is 0. The monoisotopic (exact) mass is 257 g/mol. The van der Waals surface area contributed by atoms with E-state index >= 15 is 0 Å². The fraction of sp³-hybridized carbons (Fsp3) is 0.545. The van der Waals surface area contributed by atoms with Gasteiger partial charge in [-0.1, -0.05) is 0 Å². The van der Waals surface area contributed by atoms with E-state index in [9.17, 15) is 9.59 Å². The third kappa shape index (κ3) is 3.61. The Morgan fingerprint density at radius 2 is 2.00 bits per heavy atom. The van der Waals surface area contributed by atoms with Gasteiger partial charge in [0.2, 0.25) is 0 Å². The Kier molecular flexibility index (Phi) is 5.24. The molecule has 0 radical (unpaired) electrons. The maximum Gasteiger partial charge on any atom is 0.358 e. The average Bonchev–Trinajstić information content (AvgIpc) is 2.71. The molecule has 17 heavy (non-hydrogen) atoms. The molecule has 0 unspecified atom stereocenters. The van der Waals surface area contributed by atoms with E-state index in [0.29, 0.717) is 23.1 Å². The van der Waals surface area contributed by atoms with Gasteiger partial charge in [0, 0.05) is 13.5 Å². The molecule has 0 N–H and O–H groups in total. The molecule has 0 bridgehead atoms. The van der Waals surface area contributed by atoms with E-state index in [1.54, 1.807) is 6.92 Å². The molecule has 1 aromatic heterocycles. The minimum absolute atomic E-state index is 0.0963. The Bertz CT molecular complexity index is 414. The zero-order valence-corrected chi connectivity index (χ0v) is 10.9. The van der Waals surface area contributed by atoms with Crippen molar-refractivity contribution in [3.8, 4) is 0 Å². The van der Waals surface area contributed by atoms with Crippen molar-refractivity contribution in [2.24, 2.45) is 0 Å². The molecule has 0 saturated heterocycles. The van der Waals surface area contributed by atoms with E-state index in [2.05, 4.69) is 4.98 Å². The minimum Gasteiger partial charge on any atom is -0.461 e. The number of ether oxygens (including phenoxy) is 2. The Morgan fingerprint density at radius 1 is 1.29 bits per heavy atom. The van der Waals surface area contributed by atoms with Crippen LogP contribution in [0.4, 0.5) is 0 Å². The van der Waals surface area contributed by atoms with E-state index in [1.165, 1.54) is 18.3 Å². The second kappa shape index (κ2) is 6.46. The van der Waals surface area contributed by atoms with Crippen molar-refractivity contribution in [1.82, 2.24) is 4.98 Å². The lowest BCUT2D eigenvalue weighted by atomic mass is 10.3. The third-order valence-corrected chi connectivity index (χ3v) is 3.02. The Labute approximate surface area is 104 Å². The van der Waals surface area contributed by atoms with Crippen LogP contribution in [-0.2, 0) is 16.1 Å². The Hall–Kier alpha value is -1.27. The van der Waals surface area contributed by atoms with Crippen LogP contribution in [0.1, 0.15) is 45.9 Å². The number of aromatic nitrogens is 1. The average molecular weight is 257 g/mol. The van der Waals surface area contributed by atoms with Crippen LogP contribution in [-0.4, -0.2) is 30.0 Å². The molecule has 0 spiro atoms. The van der Waals surface area contributed by atoms with E-state index < -0.39 is 5.97 Å². The predicted molar refractivity (Wildman–Crippen MR) is 63.4 cm³/mol. The number of thiazole rings is 1. The van der Waals surface area contributed by atoms with Crippen molar-refractivity contribution >= 4 is 23.1 Å². The van der Waals surface area contributed by atoms with Gasteiger partial charge in [0.15, 0.2) is 11.5 Å². The highest BCUT2D eigenvalue weighted by Crippen LogP contribution is 2.21. The summed E-state index contributed by atoms with van der Waals surface area (Å²) in [4.78, 5) is 27.4. The number of hydrogen-bond acceptors (Lipinski definition) is 6. The largest absolute Gasteiger partial charge is 0.461 e. The standard InChI is InChI=1S/C11H15NO4S/c1-4-15-6-8-12-9(11(14)16-5-2)10(17-8)7(3)13/h4-6H2,1-3H3. The topological polar surface area (TPSA) is 65.5 Å². The number of carbonyl (C=O) groups excluding carboxylic acids is 2. The van der Waals surface area contributed by atoms with Gasteiger partial charge in [-0.15, -0.1) is 11.3 Å². The van der Waals surface area contributed by atoms with Crippen molar-refractivity contribution in [2.45, 2.75) is 27.4 Å². The van der Waals surface area contributed by atoms with Gasteiger partial charge in [-0.25, -0.2) is 9.78 Å². The van der Waals surface area contributed by atoms with Crippen LogP contribution in [0.25, 0.3) is 0 Å². The van der Waals surface area contributed by atoms with Gasteiger partial charge < -0.3 is 9.47 Å². The van der Waals surface area contributed by atoms with E-state index in [0.717, 1.165) is 0 Å². The van der Waals surface area contributed by atoms with Crippen LogP contribution < -0.4 is 0 Å². The van der Waals surface area contributed by atoms with E-state index in [1.807, 2.05) is 6.92 Å². The molecular weight excluding hydrogens is 242 g/mol. The first-order chi connectivity index (χ1) is 8.10. The molecule has 94 valence electrons. The highest BCUT2D eigenvalue weighted by Gasteiger charge is 2.21. The van der Waals surface area contributed by atoms with Gasteiger partial charge in [0.25, 0.3) is 0 Å². The third-order valence-electron chi connectivity index (χ3n) is 1.89. The molecule has 0 aromatic carbocycles. The van der Waals surface area contributed by atoms with Crippen LogP contribution in [0.3, 0.4) is 0 Å². The minimum atomic E-state index is -0.559. The van der Waals surface area contributed by atoms with Crippen molar-refractivity contribution in [1.29, 1.82) is 0 Å². The number of ketones is 1. The summed E-state index contributed by atoms with van der Waals surface area (Å²) >= 11 is 1.18. The molecule has 1 rings (SSSR count). The summed E-state index contributed by atoms with van der Waals surface area (Å²) in [5.41, 5.74) is 0.0963. The van der Waals surface area contributed by atoms with Gasteiger partial charge in [0.1, 0.15) is 9.88 Å². The fourth-order valence-electron chi connectivity index (χ4n) is 1.19. The van der Waals surface area contributed by atoms with Crippen LogP contribution in [0, 0.1) is 0 Å². The Balaban J connectivity index is 2.96. The number of carbonyl (C=O) groups is 2. The molecule has 0 aliphatic carbocycles. The molecule has 0 atom stereocenters. The van der Waals surface area contributed by atoms with Crippen molar-refractivity contribution in [3.05, 3.63) is 15.6 Å². The molecule has 1 heterocycles. The van der Waals surface area contributed by atoms with Crippen molar-refractivity contribution < 1.29 is 19.1 Å². The van der Waals surface area contributed by atoms with Gasteiger partial charge in [0.05, 0.1) is 13.2 Å². The zero-order valence-electron chi connectivity index (χ0n) is 10.1. The number of esters is 1. The fourth-order valence-corrected chi connectivity index (χ4v) is 2.08. The van der Waals surface area contributed by atoms with Gasteiger partial charge >= 0.3 is 5.97 Å². The quantitative estimate of drug-likeness (QED) is 0.576. The number of Topliss-reactive ketones (excluding diaryl/α,β-unsaturated/α-hetero) is 1. The first-order valence-electron chi connectivity index (χ1n) is 5.35. The van der Waals surface area contributed by atoms with Gasteiger partial charge in [-0.05, 0) is 13.8 Å². The lowest BCUT2D eigenvalue weighted by molar-refractivity contribution is 0.0516. The number of nitrogens with zero attached hydrogens (tertiary/aromatic N) is 1. The summed E-state index contributed by atoms with van der Waals surface area (Å²) in [5.74, 6) is -0.745. The lowest BCUT2D eigenvalue weighted by Gasteiger charge is -1.98. The first-order valence-corrected chi connectivity index (χ1v) is 6.17. The molecule has 5 nitrogen and oxygen atoms in total. The maximum absolute atomic E-state index is 11.6. The summed E-state index contributed by atoms with van der Waals surface area (Å²) in [6.45, 7) is 6.10. The van der Waals surface area contributed by atoms with Gasteiger partial charge in [-0.3, -0.25) is 4.79 Å². The summed E-state index contributed by atoms with van der Waals surface area (Å²) in [6.07, 6.45) is 0. The first kappa shape index (κ1) is 13.8. The van der Waals surface area contributed by atoms with Crippen molar-refractivity contribution in [2.75, 3.05) is 13.2 Å². The molecule has 6 heteroatoms. The van der Waals surface area contributed by atoms with Crippen LogP contribution in [0.2, 0.25) is 0 Å². The van der Waals surface area contributed by atoms with Gasteiger partial charge in [-0.2, -0.15) is 0 Å². The highest BCUT2D eigenvalue weighted by atomic mass is 32.1. The van der Waals surface area contributed by atoms with E-state index in [-0.39, 0.29) is 18.1 Å². The molecule has 0 aliphatic rings. The van der Waals surface area contributed by atoms with E-state index in [4.69, 9.17) is 9.47 Å². The van der Waals surface area contributed by atoms with Crippen LogP contribution in [0.15, 0.2) is 0 Å². The predicted octanol–water partition coefficient (Wildman–Crippen LogP) is 2.06. The molecule has 0 aliphatic heterocycles. The molecule has 0 saturated carbocycles. The number of hydrogen-bond donors (Lipinski definition) is 0. The highest BCUT2D eigenvalue weighted by molar-refractivity contribution is 7.14. The summed E-state index contributed by atoms with van der Waals surface area (Å²) in [6, 6.07) is 0. The number of rotatable bonds is 6. The molecule has 1 aromatic rings. The smallest absolute Gasteiger partial charge is 0.358 e. The lowest BCUT2D eigenvalue weighted by Crippen LogP contribution is -2.09. The Morgan fingerprint density at radius 3 is 2.53 bits per heavy atom. The van der Waals surface area contributed by atoms with Crippen molar-refractivity contribution in [3.63, 3.8) is 0 Å².